The molecule has 0 aromatic heterocycles. The summed E-state index contributed by atoms with van der Waals surface area (Å²) in [6.07, 6.45) is 7.70. The van der Waals surface area contributed by atoms with Gasteiger partial charge in [0.05, 0.1) is 0 Å². The molecule has 0 spiro atoms. The second-order valence-electron chi connectivity index (χ2n) is 7.19. The molecule has 1 nitrogen and oxygen atoms in total. The van der Waals surface area contributed by atoms with E-state index in [1.807, 2.05) is 0 Å². The summed E-state index contributed by atoms with van der Waals surface area (Å²) in [6.45, 7) is -0.956. The molecule has 1 aromatic rings. The molecule has 25 heavy (non-hydrogen) atoms. The van der Waals surface area contributed by atoms with Crippen LogP contribution in [-0.4, -0.2) is 15.4 Å². The van der Waals surface area contributed by atoms with Crippen molar-refractivity contribution in [2.75, 3.05) is 0 Å². The summed E-state index contributed by atoms with van der Waals surface area (Å²) in [5, 5.41) is 0. The van der Waals surface area contributed by atoms with Crippen LogP contribution in [0.25, 0.3) is 0 Å². The molecule has 0 saturated carbocycles. The van der Waals surface area contributed by atoms with Gasteiger partial charge in [-0.2, -0.15) is 8.78 Å². The highest BCUT2D eigenvalue weighted by Gasteiger charge is 2.21. The number of aryl methyl sites for hydroxylation is 1. The monoisotopic (exact) mass is 376 g/mol. The third-order valence-corrected chi connectivity index (χ3v) is 8.95. The topological polar surface area (TPSA) is 9.23 Å². The van der Waals surface area contributed by atoms with Crippen molar-refractivity contribution in [1.29, 1.82) is 0 Å². The number of rotatable bonds is 9. The lowest BCUT2D eigenvalue weighted by Gasteiger charge is -2.27. The average Bonchev–Trinajstić information content (AvgIpc) is 2.56. The summed E-state index contributed by atoms with van der Waals surface area (Å²) in [7, 11) is -0.430. The van der Waals surface area contributed by atoms with E-state index in [1.54, 1.807) is 0 Å². The van der Waals surface area contributed by atoms with E-state index >= 15 is 0 Å². The lowest BCUT2D eigenvalue weighted by molar-refractivity contribution is -0.0546. The SMILES string of the molecule is CCC[SiH]1CCC(CCCCc2cc(F)c(OC(F)F)c(F)c2)CC1. The first-order valence-electron chi connectivity index (χ1n) is 9.42. The molecule has 0 amide bonds. The number of halogens is 4. The Kier molecular flexibility index (Phi) is 8.26. The van der Waals surface area contributed by atoms with E-state index in [1.165, 1.54) is 43.8 Å². The molecule has 0 radical (unpaired) electrons. The second-order valence-corrected chi connectivity index (χ2v) is 10.7. The van der Waals surface area contributed by atoms with Gasteiger partial charge in [0, 0.05) is 8.80 Å². The van der Waals surface area contributed by atoms with Crippen LogP contribution in [0.3, 0.4) is 0 Å². The van der Waals surface area contributed by atoms with E-state index in [9.17, 15) is 17.6 Å². The van der Waals surface area contributed by atoms with E-state index in [0.717, 1.165) is 30.9 Å². The van der Waals surface area contributed by atoms with Crippen molar-refractivity contribution in [1.82, 2.24) is 0 Å². The van der Waals surface area contributed by atoms with Crippen molar-refractivity contribution in [3.8, 4) is 5.75 Å². The largest absolute Gasteiger partial charge is 0.429 e. The van der Waals surface area contributed by atoms with E-state index < -0.39 is 32.8 Å². The van der Waals surface area contributed by atoms with Gasteiger partial charge < -0.3 is 4.74 Å². The fourth-order valence-corrected chi connectivity index (χ4v) is 7.51. The maximum atomic E-state index is 13.7. The Morgan fingerprint density at radius 2 is 1.76 bits per heavy atom. The van der Waals surface area contributed by atoms with Crippen LogP contribution in [0, 0.1) is 17.6 Å². The number of benzene rings is 1. The molecule has 1 aliphatic rings. The predicted octanol–water partition coefficient (Wildman–Crippen LogP) is 6.33. The van der Waals surface area contributed by atoms with Crippen molar-refractivity contribution >= 4 is 8.80 Å². The summed E-state index contributed by atoms with van der Waals surface area (Å²) in [5.74, 6) is -2.30. The molecule has 2 rings (SSSR count). The lowest BCUT2D eigenvalue weighted by Crippen LogP contribution is -2.20. The van der Waals surface area contributed by atoms with Gasteiger partial charge in [-0.05, 0) is 36.5 Å². The molecule has 0 atom stereocenters. The third-order valence-electron chi connectivity index (χ3n) is 5.26. The average molecular weight is 377 g/mol. The number of hydrogen-bond acceptors (Lipinski definition) is 1. The third kappa shape index (κ3) is 6.64. The number of alkyl halides is 2. The molecule has 6 heteroatoms. The fraction of sp³-hybridized carbons (Fsp3) is 0.684. The number of unbranched alkanes of at least 4 members (excludes halogenated alkanes) is 1. The first kappa shape index (κ1) is 20.3. The molecule has 1 aromatic carbocycles. The molecule has 0 bridgehead atoms. The second kappa shape index (κ2) is 10.2. The Bertz CT molecular complexity index is 507. The van der Waals surface area contributed by atoms with Crippen molar-refractivity contribution in [3.63, 3.8) is 0 Å². The molecular weight excluding hydrogens is 348 g/mol. The van der Waals surface area contributed by atoms with Crippen molar-refractivity contribution in [3.05, 3.63) is 29.3 Å². The standard InChI is InChI=1S/C19H28F4OSi/c1-2-9-25-10-7-14(8-11-25)5-3-4-6-15-12-16(20)18(17(21)13-15)24-19(22)23/h12-14,19,25H,2-11H2,1H3. The minimum Gasteiger partial charge on any atom is -0.429 e. The Morgan fingerprint density at radius 3 is 2.32 bits per heavy atom. The van der Waals surface area contributed by atoms with Crippen LogP contribution in [0.5, 0.6) is 5.75 Å². The zero-order valence-electron chi connectivity index (χ0n) is 14.9. The van der Waals surface area contributed by atoms with Gasteiger partial charge in [-0.15, -0.1) is 0 Å². The van der Waals surface area contributed by atoms with Gasteiger partial charge in [0.15, 0.2) is 17.4 Å². The number of hydrogen-bond donors (Lipinski definition) is 0. The van der Waals surface area contributed by atoms with Crippen LogP contribution < -0.4 is 4.74 Å². The fourth-order valence-electron chi connectivity index (χ4n) is 3.94. The highest BCUT2D eigenvalue weighted by molar-refractivity contribution is 6.58. The molecule has 0 N–H and O–H groups in total. The first-order chi connectivity index (χ1) is 12.0. The zero-order chi connectivity index (χ0) is 18.2. The minimum absolute atomic E-state index is 0.430. The summed E-state index contributed by atoms with van der Waals surface area (Å²) >= 11 is 0. The maximum Gasteiger partial charge on any atom is 0.387 e. The molecular formula is C19H28F4OSi. The smallest absolute Gasteiger partial charge is 0.387 e. The van der Waals surface area contributed by atoms with Gasteiger partial charge in [0.2, 0.25) is 0 Å². The summed E-state index contributed by atoms with van der Waals surface area (Å²) in [6, 6.07) is 6.63. The van der Waals surface area contributed by atoms with Gasteiger partial charge in [0.1, 0.15) is 0 Å². The quantitative estimate of drug-likeness (QED) is 0.278. The van der Waals surface area contributed by atoms with Crippen LogP contribution in [0.1, 0.15) is 51.0 Å². The van der Waals surface area contributed by atoms with Gasteiger partial charge in [-0.1, -0.05) is 57.2 Å². The van der Waals surface area contributed by atoms with E-state index in [4.69, 9.17) is 0 Å². The van der Waals surface area contributed by atoms with Crippen molar-refractivity contribution in [2.45, 2.75) is 76.6 Å². The lowest BCUT2D eigenvalue weighted by atomic mass is 9.94. The summed E-state index contributed by atoms with van der Waals surface area (Å²) < 4.78 is 55.5. The zero-order valence-corrected chi connectivity index (χ0v) is 16.0. The minimum atomic E-state index is -3.23. The Balaban J connectivity index is 1.72. The normalized spacial score (nSPS) is 20.9. The van der Waals surface area contributed by atoms with Gasteiger partial charge >= 0.3 is 6.61 Å². The molecule has 1 fully saturated rings. The van der Waals surface area contributed by atoms with E-state index in [0.29, 0.717) is 12.0 Å². The van der Waals surface area contributed by atoms with Gasteiger partial charge in [-0.3, -0.25) is 0 Å². The Hall–Kier alpha value is -1.04. The predicted molar refractivity (Wildman–Crippen MR) is 95.1 cm³/mol. The Labute approximate surface area is 149 Å². The molecule has 0 unspecified atom stereocenters. The summed E-state index contributed by atoms with van der Waals surface area (Å²) in [4.78, 5) is 0. The molecule has 0 aliphatic carbocycles. The van der Waals surface area contributed by atoms with Crippen molar-refractivity contribution < 1.29 is 22.3 Å². The van der Waals surface area contributed by atoms with Crippen molar-refractivity contribution in [2.24, 2.45) is 5.92 Å². The van der Waals surface area contributed by atoms with Gasteiger partial charge in [0.25, 0.3) is 0 Å². The van der Waals surface area contributed by atoms with Crippen LogP contribution >= 0.6 is 0 Å². The van der Waals surface area contributed by atoms with Crippen LogP contribution in [0.15, 0.2) is 12.1 Å². The van der Waals surface area contributed by atoms with Gasteiger partial charge in [-0.25, -0.2) is 8.78 Å². The van der Waals surface area contributed by atoms with E-state index in [-0.39, 0.29) is 0 Å². The summed E-state index contributed by atoms with van der Waals surface area (Å²) in [5.41, 5.74) is 0.496. The maximum absolute atomic E-state index is 13.7. The highest BCUT2D eigenvalue weighted by Crippen LogP contribution is 2.31. The molecule has 1 aliphatic heterocycles. The molecule has 142 valence electrons. The Morgan fingerprint density at radius 1 is 1.12 bits per heavy atom. The number of ether oxygens (including phenoxy) is 1. The van der Waals surface area contributed by atoms with E-state index in [2.05, 4.69) is 11.7 Å². The van der Waals surface area contributed by atoms with Crippen LogP contribution in [0.4, 0.5) is 17.6 Å². The van der Waals surface area contributed by atoms with Crippen LogP contribution in [-0.2, 0) is 6.42 Å². The highest BCUT2D eigenvalue weighted by atomic mass is 28.3. The van der Waals surface area contributed by atoms with Crippen LogP contribution in [0.2, 0.25) is 18.1 Å². The molecule has 1 heterocycles. The first-order valence-corrected chi connectivity index (χ1v) is 11.9. The molecule has 1 saturated heterocycles.